The predicted octanol–water partition coefficient (Wildman–Crippen LogP) is 0.251. The third kappa shape index (κ3) is 0.978. The molecular weight excluding hydrogens is 120 g/mol. The van der Waals surface area contributed by atoms with Crippen LogP contribution in [-0.4, -0.2) is 11.8 Å². The molecule has 0 aromatic rings. The van der Waals surface area contributed by atoms with Crippen LogP contribution in [0.5, 0.6) is 0 Å². The Morgan fingerprint density at radius 1 is 1.56 bits per heavy atom. The normalized spacial score (nSPS) is 16.0. The summed E-state index contributed by atoms with van der Waals surface area (Å²) in [5.74, 6) is 0.798. The molecule has 0 aromatic carbocycles. The van der Waals surface area contributed by atoms with E-state index in [0.717, 1.165) is 0 Å². The van der Waals surface area contributed by atoms with Crippen LogP contribution in [0.25, 0.3) is 0 Å². The fourth-order valence-corrected chi connectivity index (χ4v) is 0.396. The third-order valence-electron chi connectivity index (χ3n) is 0.797. The lowest BCUT2D eigenvalue weighted by Gasteiger charge is -1.89. The van der Waals surface area contributed by atoms with Crippen molar-refractivity contribution in [2.75, 3.05) is 0 Å². The van der Waals surface area contributed by atoms with E-state index in [0.29, 0.717) is 0 Å². The number of hydrogen-bond donors (Lipinski definition) is 0. The van der Waals surface area contributed by atoms with Crippen molar-refractivity contribution in [3.63, 3.8) is 0 Å². The molecular formula is C5H2N2O2. The van der Waals surface area contributed by atoms with Gasteiger partial charge in [-0.15, -0.1) is 5.11 Å². The van der Waals surface area contributed by atoms with Crippen molar-refractivity contribution in [1.82, 2.24) is 0 Å². The lowest BCUT2D eigenvalue weighted by atomic mass is 10.3. The molecule has 0 bridgehead atoms. The number of carbonyl (C=O) groups is 1. The predicted molar refractivity (Wildman–Crippen MR) is 28.2 cm³/mol. The van der Waals surface area contributed by atoms with E-state index in [2.05, 4.69) is 10.2 Å². The summed E-state index contributed by atoms with van der Waals surface area (Å²) in [6, 6.07) is 0. The molecule has 0 N–H and O–H groups in total. The van der Waals surface area contributed by atoms with Crippen LogP contribution >= 0.6 is 0 Å². The van der Waals surface area contributed by atoms with Crippen molar-refractivity contribution < 1.29 is 9.59 Å². The van der Waals surface area contributed by atoms with Gasteiger partial charge in [-0.2, -0.15) is 5.11 Å². The summed E-state index contributed by atoms with van der Waals surface area (Å²) in [6.07, 6.45) is 2.53. The molecule has 0 spiro atoms. The highest BCUT2D eigenvalue weighted by atomic mass is 16.2. The minimum atomic E-state index is -0.632. The van der Waals surface area contributed by atoms with Gasteiger partial charge in [-0.1, -0.05) is 0 Å². The quantitative estimate of drug-likeness (QED) is 0.341. The van der Waals surface area contributed by atoms with Crippen LogP contribution in [0.1, 0.15) is 0 Å². The second kappa shape index (κ2) is 2.15. The van der Waals surface area contributed by atoms with Crippen LogP contribution in [0.4, 0.5) is 0 Å². The molecule has 0 fully saturated rings. The Labute approximate surface area is 50.6 Å². The van der Waals surface area contributed by atoms with Crippen molar-refractivity contribution in [3.8, 4) is 0 Å². The molecule has 9 heavy (non-hydrogen) atoms. The van der Waals surface area contributed by atoms with Crippen molar-refractivity contribution in [2.45, 2.75) is 0 Å². The molecule has 1 aliphatic rings. The standard InChI is InChI=1S/C5H2N2O2/c8-3-4-1-2-6-7-5(4)9/h1-2H. The van der Waals surface area contributed by atoms with Crippen LogP contribution < -0.4 is 0 Å². The molecule has 4 heteroatoms. The fraction of sp³-hybridized carbons (Fsp3) is 0. The zero-order chi connectivity index (χ0) is 6.69. The van der Waals surface area contributed by atoms with Crippen LogP contribution in [0.3, 0.4) is 0 Å². The lowest BCUT2D eigenvalue weighted by Crippen LogP contribution is -1.97. The minimum Gasteiger partial charge on any atom is -0.264 e. The summed E-state index contributed by atoms with van der Waals surface area (Å²) >= 11 is 0. The number of azo groups is 1. The zero-order valence-electron chi connectivity index (χ0n) is 4.37. The molecule has 1 rings (SSSR count). The molecule has 1 amide bonds. The molecule has 0 aliphatic carbocycles. The molecule has 0 unspecified atom stereocenters. The maximum Gasteiger partial charge on any atom is 0.306 e. The zero-order valence-corrected chi connectivity index (χ0v) is 4.37. The average Bonchev–Trinajstić information content (AvgIpc) is 1.89. The van der Waals surface area contributed by atoms with Gasteiger partial charge in [0.25, 0.3) is 0 Å². The van der Waals surface area contributed by atoms with Crippen LogP contribution in [0, 0.1) is 0 Å². The van der Waals surface area contributed by atoms with Gasteiger partial charge in [0, 0.05) is 0 Å². The van der Waals surface area contributed by atoms with Gasteiger partial charge in [0.1, 0.15) is 11.5 Å². The first-order valence-electron chi connectivity index (χ1n) is 2.21. The van der Waals surface area contributed by atoms with Crippen molar-refractivity contribution in [1.29, 1.82) is 0 Å². The number of amides is 1. The van der Waals surface area contributed by atoms with Gasteiger partial charge >= 0.3 is 5.91 Å². The number of carbonyl (C=O) groups excluding carboxylic acids is 2. The summed E-state index contributed by atoms with van der Waals surface area (Å²) in [5, 5.41) is 6.33. The van der Waals surface area contributed by atoms with Crippen molar-refractivity contribution in [3.05, 3.63) is 17.8 Å². The molecule has 1 aliphatic heterocycles. The van der Waals surface area contributed by atoms with E-state index < -0.39 is 5.91 Å². The van der Waals surface area contributed by atoms with Crippen LogP contribution in [-0.2, 0) is 9.59 Å². The molecule has 0 saturated carbocycles. The highest BCUT2D eigenvalue weighted by Gasteiger charge is 2.07. The summed E-state index contributed by atoms with van der Waals surface area (Å²) in [7, 11) is 0. The highest BCUT2D eigenvalue weighted by Crippen LogP contribution is 2.01. The Kier molecular flexibility index (Phi) is 1.34. The molecule has 0 radical (unpaired) electrons. The van der Waals surface area contributed by atoms with Gasteiger partial charge in [-0.25, -0.2) is 4.79 Å². The largest absolute Gasteiger partial charge is 0.306 e. The number of hydrogen-bond acceptors (Lipinski definition) is 3. The fourth-order valence-electron chi connectivity index (χ4n) is 0.396. The van der Waals surface area contributed by atoms with E-state index in [1.165, 1.54) is 18.2 Å². The summed E-state index contributed by atoms with van der Waals surface area (Å²) < 4.78 is 0. The summed E-state index contributed by atoms with van der Waals surface area (Å²) in [4.78, 5) is 20.2. The van der Waals surface area contributed by atoms with Crippen LogP contribution in [0.2, 0.25) is 0 Å². The number of nitrogens with zero attached hydrogens (tertiary/aromatic N) is 2. The van der Waals surface area contributed by atoms with Gasteiger partial charge in [0.05, 0.1) is 6.20 Å². The van der Waals surface area contributed by atoms with Gasteiger partial charge in [0.2, 0.25) is 0 Å². The topological polar surface area (TPSA) is 58.9 Å². The van der Waals surface area contributed by atoms with E-state index in [-0.39, 0.29) is 5.57 Å². The van der Waals surface area contributed by atoms with E-state index in [4.69, 9.17) is 0 Å². The van der Waals surface area contributed by atoms with Gasteiger partial charge in [-0.05, 0) is 6.08 Å². The number of rotatable bonds is 0. The van der Waals surface area contributed by atoms with Gasteiger partial charge in [0.15, 0.2) is 0 Å². The molecule has 1 heterocycles. The molecule has 0 aromatic heterocycles. The maximum absolute atomic E-state index is 10.4. The first kappa shape index (κ1) is 5.59. The molecule has 44 valence electrons. The summed E-state index contributed by atoms with van der Waals surface area (Å²) in [5.41, 5.74) is -0.0787. The van der Waals surface area contributed by atoms with Gasteiger partial charge in [-0.3, -0.25) is 4.79 Å². The Morgan fingerprint density at radius 2 is 2.33 bits per heavy atom. The Morgan fingerprint density at radius 3 is 2.78 bits per heavy atom. The Hall–Kier alpha value is -1.54. The maximum atomic E-state index is 10.4. The Bertz CT molecular complexity index is 246. The second-order valence-electron chi connectivity index (χ2n) is 1.35. The van der Waals surface area contributed by atoms with E-state index >= 15 is 0 Å². The van der Waals surface area contributed by atoms with E-state index in [1.807, 2.05) is 0 Å². The SMILES string of the molecule is O=C=C1C=CN=NC1=O. The van der Waals surface area contributed by atoms with E-state index in [1.54, 1.807) is 0 Å². The minimum absolute atomic E-state index is 0.0787. The van der Waals surface area contributed by atoms with Gasteiger partial charge < -0.3 is 0 Å². The smallest absolute Gasteiger partial charge is 0.264 e. The van der Waals surface area contributed by atoms with Crippen molar-refractivity contribution >= 4 is 11.8 Å². The van der Waals surface area contributed by atoms with E-state index in [9.17, 15) is 9.59 Å². The molecule has 4 nitrogen and oxygen atoms in total. The first-order chi connectivity index (χ1) is 4.34. The molecule has 0 saturated heterocycles. The van der Waals surface area contributed by atoms with Crippen LogP contribution in [0.15, 0.2) is 28.1 Å². The third-order valence-corrected chi connectivity index (χ3v) is 0.797. The first-order valence-corrected chi connectivity index (χ1v) is 2.21. The van der Waals surface area contributed by atoms with Crippen molar-refractivity contribution in [2.24, 2.45) is 10.2 Å². The summed E-state index contributed by atoms with van der Waals surface area (Å²) in [6.45, 7) is 0. The lowest BCUT2D eigenvalue weighted by molar-refractivity contribution is -0.114. The highest BCUT2D eigenvalue weighted by molar-refractivity contribution is 6.04. The Balaban J connectivity index is 3.04. The monoisotopic (exact) mass is 122 g/mol. The molecule has 0 atom stereocenters. The second-order valence-corrected chi connectivity index (χ2v) is 1.35. The average molecular weight is 122 g/mol.